The minimum atomic E-state index is 0.0897. The molecule has 0 saturated carbocycles. The Hall–Kier alpha value is -1.88. The van der Waals surface area contributed by atoms with E-state index in [0.717, 1.165) is 17.7 Å². The molecule has 0 saturated heterocycles. The molecule has 0 radical (unpaired) electrons. The van der Waals surface area contributed by atoms with E-state index < -0.39 is 0 Å². The summed E-state index contributed by atoms with van der Waals surface area (Å²) in [7, 11) is 0. The molecule has 2 rings (SSSR count). The normalized spacial score (nSPS) is 12.7. The molecule has 21 heavy (non-hydrogen) atoms. The van der Waals surface area contributed by atoms with Crippen LogP contribution in [0.3, 0.4) is 0 Å². The quantitative estimate of drug-likeness (QED) is 0.885. The molecule has 0 bridgehead atoms. The molecule has 1 heterocycles. The monoisotopic (exact) mass is 289 g/mol. The summed E-state index contributed by atoms with van der Waals surface area (Å²) < 4.78 is 11.0. The van der Waals surface area contributed by atoms with E-state index in [0.29, 0.717) is 18.3 Å². The number of aromatic nitrogens is 2. The molecular formula is C16H23N3O2. The Labute approximate surface area is 125 Å². The van der Waals surface area contributed by atoms with E-state index >= 15 is 0 Å². The molecule has 1 aromatic heterocycles. The number of nitrogens with two attached hydrogens (primary N) is 1. The van der Waals surface area contributed by atoms with Gasteiger partial charge in [0, 0.05) is 12.0 Å². The van der Waals surface area contributed by atoms with E-state index in [9.17, 15) is 0 Å². The highest BCUT2D eigenvalue weighted by molar-refractivity contribution is 5.37. The number of aryl methyl sites for hydroxylation is 1. The standard InChI is InChI=1S/C16H23N3O2/c1-10(2)16-18-15(19-21-16)9-20-14-6-5-11(3)7-13(14)8-12(4)17/h5-7,10,12H,8-9,17H2,1-4H3. The molecule has 5 nitrogen and oxygen atoms in total. The van der Waals surface area contributed by atoms with Crippen molar-refractivity contribution < 1.29 is 9.26 Å². The highest BCUT2D eigenvalue weighted by Crippen LogP contribution is 2.22. The molecule has 1 atom stereocenters. The molecular weight excluding hydrogens is 266 g/mol. The molecule has 2 aromatic rings. The third-order valence-electron chi connectivity index (χ3n) is 3.09. The zero-order chi connectivity index (χ0) is 15.4. The minimum absolute atomic E-state index is 0.0897. The number of hydrogen-bond donors (Lipinski definition) is 1. The first-order valence-electron chi connectivity index (χ1n) is 7.26. The summed E-state index contributed by atoms with van der Waals surface area (Å²) in [6.07, 6.45) is 0.778. The summed E-state index contributed by atoms with van der Waals surface area (Å²) in [5, 5.41) is 3.92. The predicted molar refractivity (Wildman–Crippen MR) is 81.3 cm³/mol. The lowest BCUT2D eigenvalue weighted by Crippen LogP contribution is -2.18. The number of nitrogens with zero attached hydrogens (tertiary/aromatic N) is 2. The molecule has 1 aromatic carbocycles. The van der Waals surface area contributed by atoms with Gasteiger partial charge in [-0.25, -0.2) is 0 Å². The van der Waals surface area contributed by atoms with Crippen molar-refractivity contribution in [3.8, 4) is 5.75 Å². The Morgan fingerprint density at radius 3 is 2.67 bits per heavy atom. The van der Waals surface area contributed by atoms with Crippen molar-refractivity contribution in [2.75, 3.05) is 0 Å². The molecule has 0 aliphatic carbocycles. The van der Waals surface area contributed by atoms with Crippen molar-refractivity contribution in [1.82, 2.24) is 10.1 Å². The van der Waals surface area contributed by atoms with Crippen LogP contribution < -0.4 is 10.5 Å². The molecule has 0 aliphatic rings. The van der Waals surface area contributed by atoms with E-state index in [-0.39, 0.29) is 12.0 Å². The molecule has 1 unspecified atom stereocenters. The average molecular weight is 289 g/mol. The topological polar surface area (TPSA) is 74.2 Å². The summed E-state index contributed by atoms with van der Waals surface area (Å²) in [4.78, 5) is 4.31. The minimum Gasteiger partial charge on any atom is -0.485 e. The zero-order valence-electron chi connectivity index (χ0n) is 13.1. The van der Waals surface area contributed by atoms with Crippen LogP contribution in [0.15, 0.2) is 22.7 Å². The van der Waals surface area contributed by atoms with Crippen molar-refractivity contribution in [1.29, 1.82) is 0 Å². The maximum absolute atomic E-state index is 5.89. The molecule has 5 heteroatoms. The average Bonchev–Trinajstić information content (AvgIpc) is 2.86. The van der Waals surface area contributed by atoms with Crippen molar-refractivity contribution in [2.45, 2.75) is 52.7 Å². The highest BCUT2D eigenvalue weighted by Gasteiger charge is 2.12. The van der Waals surface area contributed by atoms with Crippen LogP contribution in [0.2, 0.25) is 0 Å². The van der Waals surface area contributed by atoms with Crippen LogP contribution in [-0.4, -0.2) is 16.2 Å². The Kier molecular flexibility index (Phi) is 4.96. The summed E-state index contributed by atoms with van der Waals surface area (Å²) >= 11 is 0. The van der Waals surface area contributed by atoms with Crippen LogP contribution in [0.25, 0.3) is 0 Å². The fourth-order valence-electron chi connectivity index (χ4n) is 2.06. The van der Waals surface area contributed by atoms with Gasteiger partial charge in [0.2, 0.25) is 11.7 Å². The van der Waals surface area contributed by atoms with Gasteiger partial charge in [-0.3, -0.25) is 0 Å². The lowest BCUT2D eigenvalue weighted by atomic mass is 10.0. The number of rotatable bonds is 6. The van der Waals surface area contributed by atoms with Gasteiger partial charge >= 0.3 is 0 Å². The first-order valence-corrected chi connectivity index (χ1v) is 7.26. The number of benzene rings is 1. The van der Waals surface area contributed by atoms with Gasteiger partial charge in [-0.15, -0.1) is 0 Å². The molecule has 2 N–H and O–H groups in total. The van der Waals surface area contributed by atoms with Crippen molar-refractivity contribution in [3.63, 3.8) is 0 Å². The SMILES string of the molecule is Cc1ccc(OCc2noc(C(C)C)n2)c(CC(C)N)c1. The van der Waals surface area contributed by atoms with Gasteiger partial charge in [-0.1, -0.05) is 36.7 Å². The third kappa shape index (κ3) is 4.29. The van der Waals surface area contributed by atoms with Gasteiger partial charge in [0.25, 0.3) is 0 Å². The summed E-state index contributed by atoms with van der Waals surface area (Å²) in [5.74, 6) is 2.24. The molecule has 0 spiro atoms. The van der Waals surface area contributed by atoms with E-state index in [2.05, 4.69) is 23.1 Å². The van der Waals surface area contributed by atoms with Crippen molar-refractivity contribution in [3.05, 3.63) is 41.0 Å². The van der Waals surface area contributed by atoms with Gasteiger partial charge in [0.15, 0.2) is 6.61 Å². The molecule has 114 valence electrons. The van der Waals surface area contributed by atoms with Gasteiger partial charge in [-0.05, 0) is 31.9 Å². The highest BCUT2D eigenvalue weighted by atomic mass is 16.5. The van der Waals surface area contributed by atoms with Gasteiger partial charge < -0.3 is 15.0 Å². The predicted octanol–water partition coefficient (Wildman–Crippen LogP) is 2.97. The maximum atomic E-state index is 5.89. The fourth-order valence-corrected chi connectivity index (χ4v) is 2.06. The second-order valence-corrected chi connectivity index (χ2v) is 5.78. The van der Waals surface area contributed by atoms with Gasteiger partial charge in [0.05, 0.1) is 0 Å². The van der Waals surface area contributed by atoms with Crippen LogP contribution >= 0.6 is 0 Å². The van der Waals surface area contributed by atoms with E-state index in [1.807, 2.05) is 32.9 Å². The largest absolute Gasteiger partial charge is 0.485 e. The summed E-state index contributed by atoms with van der Waals surface area (Å²) in [6, 6.07) is 6.19. The Morgan fingerprint density at radius 2 is 2.05 bits per heavy atom. The number of ether oxygens (including phenoxy) is 1. The van der Waals surface area contributed by atoms with Crippen LogP contribution in [-0.2, 0) is 13.0 Å². The first kappa shape index (κ1) is 15.5. The third-order valence-corrected chi connectivity index (χ3v) is 3.09. The Bertz CT molecular complexity index is 591. The van der Waals surface area contributed by atoms with Crippen LogP contribution in [0, 0.1) is 6.92 Å². The maximum Gasteiger partial charge on any atom is 0.229 e. The second kappa shape index (κ2) is 6.72. The molecule has 0 fully saturated rings. The lowest BCUT2D eigenvalue weighted by Gasteiger charge is -2.13. The zero-order valence-corrected chi connectivity index (χ0v) is 13.1. The van der Waals surface area contributed by atoms with E-state index in [1.165, 1.54) is 5.56 Å². The Balaban J connectivity index is 2.08. The Morgan fingerprint density at radius 1 is 1.29 bits per heavy atom. The van der Waals surface area contributed by atoms with E-state index in [4.69, 9.17) is 15.0 Å². The smallest absolute Gasteiger partial charge is 0.229 e. The molecule has 0 amide bonds. The fraction of sp³-hybridized carbons (Fsp3) is 0.500. The van der Waals surface area contributed by atoms with Crippen LogP contribution in [0.1, 0.15) is 49.5 Å². The van der Waals surface area contributed by atoms with Crippen molar-refractivity contribution >= 4 is 0 Å². The van der Waals surface area contributed by atoms with E-state index in [1.54, 1.807) is 0 Å². The summed E-state index contributed by atoms with van der Waals surface area (Å²) in [5.41, 5.74) is 8.20. The van der Waals surface area contributed by atoms with Gasteiger partial charge in [0.1, 0.15) is 5.75 Å². The van der Waals surface area contributed by atoms with Crippen LogP contribution in [0.5, 0.6) is 5.75 Å². The second-order valence-electron chi connectivity index (χ2n) is 5.78. The lowest BCUT2D eigenvalue weighted by molar-refractivity contribution is 0.281. The van der Waals surface area contributed by atoms with Gasteiger partial charge in [-0.2, -0.15) is 4.98 Å². The van der Waals surface area contributed by atoms with Crippen LogP contribution in [0.4, 0.5) is 0 Å². The number of hydrogen-bond acceptors (Lipinski definition) is 5. The molecule has 0 aliphatic heterocycles. The first-order chi connectivity index (χ1) is 9.95. The summed E-state index contributed by atoms with van der Waals surface area (Å²) in [6.45, 7) is 8.37. The van der Waals surface area contributed by atoms with Crippen molar-refractivity contribution in [2.24, 2.45) is 5.73 Å².